The number of unbranched alkanes of at least 4 members (excludes halogenated alkanes) is 1. The van der Waals surface area contributed by atoms with Gasteiger partial charge in [0.05, 0.1) is 13.7 Å². The van der Waals surface area contributed by atoms with Crippen molar-refractivity contribution in [2.24, 2.45) is 0 Å². The van der Waals surface area contributed by atoms with E-state index in [1.807, 2.05) is 54.6 Å². The minimum absolute atomic E-state index is 0.147. The molecule has 2 amide bonds. The molecule has 0 fully saturated rings. The summed E-state index contributed by atoms with van der Waals surface area (Å²) in [4.78, 5) is 28.8. The van der Waals surface area contributed by atoms with Crippen LogP contribution in [0.2, 0.25) is 10.0 Å². The molecule has 0 aromatic heterocycles. The summed E-state index contributed by atoms with van der Waals surface area (Å²) in [5.41, 5.74) is 1.69. The molecule has 3 aromatic carbocycles. The van der Waals surface area contributed by atoms with Crippen molar-refractivity contribution in [3.05, 3.63) is 94.0 Å². The Bertz CT molecular complexity index is 1190. The number of rotatable bonds is 15. The molecule has 0 radical (unpaired) electrons. The van der Waals surface area contributed by atoms with Crippen molar-refractivity contribution in [1.82, 2.24) is 10.2 Å². The normalized spacial score (nSPS) is 11.5. The average Bonchev–Trinajstić information content (AvgIpc) is 2.95. The fraction of sp³-hybridized carbons (Fsp3) is 0.355. The maximum Gasteiger partial charge on any atom is 0.243 e. The molecule has 3 aromatic rings. The number of ether oxygens (including phenoxy) is 2. The highest BCUT2D eigenvalue weighted by Crippen LogP contribution is 2.25. The van der Waals surface area contributed by atoms with Gasteiger partial charge in [0, 0.05) is 36.0 Å². The number of halogens is 2. The predicted molar refractivity (Wildman–Crippen MR) is 157 cm³/mol. The van der Waals surface area contributed by atoms with Crippen LogP contribution in [0.15, 0.2) is 72.8 Å². The second kappa shape index (κ2) is 16.0. The largest absolute Gasteiger partial charge is 0.497 e. The fourth-order valence-electron chi connectivity index (χ4n) is 4.12. The molecule has 0 bridgehead atoms. The maximum absolute atomic E-state index is 13.7. The monoisotopic (exact) mass is 570 g/mol. The minimum atomic E-state index is -0.703. The Labute approximate surface area is 241 Å². The second-order valence-electron chi connectivity index (χ2n) is 9.24. The molecule has 1 atom stereocenters. The van der Waals surface area contributed by atoms with E-state index >= 15 is 0 Å². The van der Waals surface area contributed by atoms with E-state index in [2.05, 4.69) is 12.2 Å². The molecular weight excluding hydrogens is 535 g/mol. The van der Waals surface area contributed by atoms with E-state index in [1.54, 1.807) is 30.2 Å². The van der Waals surface area contributed by atoms with Crippen molar-refractivity contribution in [2.75, 3.05) is 20.3 Å². The van der Waals surface area contributed by atoms with E-state index < -0.39 is 6.04 Å². The topological polar surface area (TPSA) is 67.9 Å². The lowest BCUT2D eigenvalue weighted by Crippen LogP contribution is -2.50. The summed E-state index contributed by atoms with van der Waals surface area (Å²) in [7, 11) is 1.61. The first-order chi connectivity index (χ1) is 18.9. The number of nitrogens with one attached hydrogen (secondary N) is 1. The van der Waals surface area contributed by atoms with Crippen LogP contribution in [0, 0.1) is 0 Å². The minimum Gasteiger partial charge on any atom is -0.497 e. The predicted octanol–water partition coefficient (Wildman–Crippen LogP) is 6.72. The van der Waals surface area contributed by atoms with Crippen LogP contribution in [0.25, 0.3) is 0 Å². The molecular formula is C31H36Cl2N2O4. The van der Waals surface area contributed by atoms with Gasteiger partial charge in [-0.1, -0.05) is 72.9 Å². The lowest BCUT2D eigenvalue weighted by atomic mass is 10.0. The van der Waals surface area contributed by atoms with Gasteiger partial charge in [-0.05, 0) is 60.4 Å². The van der Waals surface area contributed by atoms with Gasteiger partial charge in [0.25, 0.3) is 0 Å². The second-order valence-corrected chi connectivity index (χ2v) is 10.1. The van der Waals surface area contributed by atoms with Crippen LogP contribution < -0.4 is 14.8 Å². The van der Waals surface area contributed by atoms with Crippen molar-refractivity contribution < 1.29 is 19.1 Å². The van der Waals surface area contributed by atoms with Gasteiger partial charge >= 0.3 is 0 Å². The van der Waals surface area contributed by atoms with Crippen LogP contribution in [0.1, 0.15) is 43.7 Å². The zero-order valence-corrected chi connectivity index (χ0v) is 24.0. The molecule has 8 heteroatoms. The summed E-state index contributed by atoms with van der Waals surface area (Å²) in [6, 6.07) is 21.5. The van der Waals surface area contributed by atoms with Crippen LogP contribution in [-0.2, 0) is 22.6 Å². The van der Waals surface area contributed by atoms with Gasteiger partial charge in [0.15, 0.2) is 0 Å². The molecule has 0 spiro atoms. The number of hydrogen-bond acceptors (Lipinski definition) is 4. The van der Waals surface area contributed by atoms with Crippen LogP contribution in [0.5, 0.6) is 11.5 Å². The average molecular weight is 572 g/mol. The molecule has 0 unspecified atom stereocenters. The third-order valence-corrected chi connectivity index (χ3v) is 6.91. The van der Waals surface area contributed by atoms with E-state index in [0.29, 0.717) is 41.8 Å². The highest BCUT2D eigenvalue weighted by atomic mass is 35.5. The lowest BCUT2D eigenvalue weighted by Gasteiger charge is -2.32. The van der Waals surface area contributed by atoms with E-state index in [1.165, 1.54) is 0 Å². The van der Waals surface area contributed by atoms with Gasteiger partial charge in [-0.15, -0.1) is 0 Å². The molecule has 0 aliphatic heterocycles. The zero-order chi connectivity index (χ0) is 28.0. The molecule has 6 nitrogen and oxygen atoms in total. The van der Waals surface area contributed by atoms with Gasteiger partial charge in [0.1, 0.15) is 17.5 Å². The number of methoxy groups -OCH3 is 1. The van der Waals surface area contributed by atoms with Crippen LogP contribution in [-0.4, -0.2) is 43.0 Å². The third-order valence-electron chi connectivity index (χ3n) is 6.32. The molecule has 1 N–H and O–H groups in total. The number of benzene rings is 3. The van der Waals surface area contributed by atoms with E-state index in [-0.39, 0.29) is 24.8 Å². The smallest absolute Gasteiger partial charge is 0.243 e. The molecule has 0 aliphatic carbocycles. The molecule has 0 heterocycles. The lowest BCUT2D eigenvalue weighted by molar-refractivity contribution is -0.141. The Morgan fingerprint density at radius 3 is 2.33 bits per heavy atom. The molecule has 0 aliphatic rings. The summed E-state index contributed by atoms with van der Waals surface area (Å²) in [5, 5.41) is 3.99. The molecule has 0 saturated carbocycles. The third kappa shape index (κ3) is 9.79. The first kappa shape index (κ1) is 30.3. The van der Waals surface area contributed by atoms with E-state index in [9.17, 15) is 9.59 Å². The Kier molecular flexibility index (Phi) is 12.5. The molecule has 0 saturated heterocycles. The summed E-state index contributed by atoms with van der Waals surface area (Å²) in [6.45, 7) is 3.17. The van der Waals surface area contributed by atoms with E-state index in [0.717, 1.165) is 29.7 Å². The van der Waals surface area contributed by atoms with Crippen LogP contribution >= 0.6 is 23.2 Å². The van der Waals surface area contributed by atoms with Gasteiger partial charge < -0.3 is 19.7 Å². The van der Waals surface area contributed by atoms with Crippen LogP contribution in [0.3, 0.4) is 0 Å². The molecule has 208 valence electrons. The number of carbonyl (C=O) groups excluding carboxylic acids is 2. The van der Waals surface area contributed by atoms with Crippen molar-refractivity contribution in [2.45, 2.75) is 51.6 Å². The van der Waals surface area contributed by atoms with Crippen molar-refractivity contribution in [3.8, 4) is 11.5 Å². The van der Waals surface area contributed by atoms with Gasteiger partial charge in [-0.25, -0.2) is 0 Å². The number of nitrogens with zero attached hydrogens (tertiary/aromatic N) is 1. The fourth-order valence-corrected chi connectivity index (χ4v) is 4.59. The first-order valence-electron chi connectivity index (χ1n) is 13.2. The zero-order valence-electron chi connectivity index (χ0n) is 22.5. The quantitative estimate of drug-likeness (QED) is 0.206. The SMILES string of the molecule is CCCCNC(=O)[C@H](Cc1ccccc1)N(Cc1ccc(Cl)cc1Cl)C(=O)CCCOc1ccc(OC)cc1. The maximum atomic E-state index is 13.7. The van der Waals surface area contributed by atoms with Crippen molar-refractivity contribution in [1.29, 1.82) is 0 Å². The van der Waals surface area contributed by atoms with Crippen molar-refractivity contribution >= 4 is 35.0 Å². The van der Waals surface area contributed by atoms with E-state index in [4.69, 9.17) is 32.7 Å². The van der Waals surface area contributed by atoms with Gasteiger partial charge in [0.2, 0.25) is 11.8 Å². The van der Waals surface area contributed by atoms with Crippen LogP contribution in [0.4, 0.5) is 0 Å². The highest BCUT2D eigenvalue weighted by Gasteiger charge is 2.30. The standard InChI is InChI=1S/C31H36Cl2N2O4/c1-3-4-18-34-31(37)29(20-23-9-6-5-7-10-23)35(22-24-12-13-25(32)21-28(24)33)30(36)11-8-19-39-27-16-14-26(38-2)15-17-27/h5-7,9-10,12-17,21,29H,3-4,8,11,18-20,22H2,1-2H3,(H,34,37)/t29-/m0/s1. The van der Waals surface area contributed by atoms with Gasteiger partial charge in [-0.2, -0.15) is 0 Å². The number of hydrogen-bond donors (Lipinski definition) is 1. The Morgan fingerprint density at radius 2 is 1.67 bits per heavy atom. The highest BCUT2D eigenvalue weighted by molar-refractivity contribution is 6.35. The Morgan fingerprint density at radius 1 is 0.949 bits per heavy atom. The van der Waals surface area contributed by atoms with Crippen molar-refractivity contribution in [3.63, 3.8) is 0 Å². The molecule has 39 heavy (non-hydrogen) atoms. The summed E-state index contributed by atoms with van der Waals surface area (Å²) in [6.07, 6.45) is 2.92. The summed E-state index contributed by atoms with van der Waals surface area (Å²) >= 11 is 12.6. The number of carbonyl (C=O) groups is 2. The number of amides is 2. The summed E-state index contributed by atoms with van der Waals surface area (Å²) < 4.78 is 11.0. The molecule has 3 rings (SSSR count). The first-order valence-corrected chi connectivity index (χ1v) is 14.0. The van der Waals surface area contributed by atoms with Gasteiger partial charge in [-0.3, -0.25) is 9.59 Å². The Hall–Kier alpha value is -3.22. The Balaban J connectivity index is 1.78. The summed E-state index contributed by atoms with van der Waals surface area (Å²) in [5.74, 6) is 1.12.